The molecule has 0 aromatic heterocycles. The van der Waals surface area contributed by atoms with Crippen molar-refractivity contribution < 1.29 is 14.7 Å². The predicted octanol–water partition coefficient (Wildman–Crippen LogP) is 2.00. The largest absolute Gasteiger partial charge is 0.481 e. The van der Waals surface area contributed by atoms with Gasteiger partial charge in [-0.25, -0.2) is 0 Å². The molecule has 1 unspecified atom stereocenters. The van der Waals surface area contributed by atoms with E-state index in [2.05, 4.69) is 10.5 Å². The third-order valence-corrected chi connectivity index (χ3v) is 3.22. The molecule has 4 N–H and O–H groups in total. The highest BCUT2D eigenvalue weighted by Gasteiger charge is 2.25. The summed E-state index contributed by atoms with van der Waals surface area (Å²) in [5, 5.41) is 14.9. The first-order valence-corrected chi connectivity index (χ1v) is 6.82. The first-order valence-electron chi connectivity index (χ1n) is 6.44. The van der Waals surface area contributed by atoms with Crippen LogP contribution in [0.1, 0.15) is 20.8 Å². The summed E-state index contributed by atoms with van der Waals surface area (Å²) in [5.41, 5.74) is 4.90. The van der Waals surface area contributed by atoms with E-state index >= 15 is 0 Å². The number of hydrogen-bond acceptors (Lipinski definition) is 4. The summed E-state index contributed by atoms with van der Waals surface area (Å²) in [7, 11) is 0. The number of carbonyl (C=O) groups excluding carboxylic acids is 1. The van der Waals surface area contributed by atoms with Crippen LogP contribution in [0.2, 0.25) is 5.02 Å². The molecule has 1 amide bonds. The molecule has 21 heavy (non-hydrogen) atoms. The van der Waals surface area contributed by atoms with Crippen LogP contribution in [-0.2, 0) is 4.79 Å². The molecular formula is C14H20ClN3O3. The second kappa shape index (κ2) is 7.17. The van der Waals surface area contributed by atoms with Gasteiger partial charge in [-0.2, -0.15) is 0 Å². The van der Waals surface area contributed by atoms with Crippen LogP contribution in [-0.4, -0.2) is 29.6 Å². The molecule has 0 saturated heterocycles. The summed E-state index contributed by atoms with van der Waals surface area (Å²) in [6.07, 6.45) is -0.688. The highest BCUT2D eigenvalue weighted by molar-refractivity contribution is 6.30. The van der Waals surface area contributed by atoms with Gasteiger partial charge in [-0.05, 0) is 25.1 Å². The van der Waals surface area contributed by atoms with Crippen molar-refractivity contribution in [2.45, 2.75) is 26.9 Å². The molecule has 0 fully saturated rings. The number of amides is 1. The van der Waals surface area contributed by atoms with Crippen molar-refractivity contribution in [2.75, 3.05) is 6.54 Å². The molecule has 1 atom stereocenters. The monoisotopic (exact) mass is 313 g/mol. The van der Waals surface area contributed by atoms with E-state index in [0.29, 0.717) is 10.8 Å². The molecule has 1 aromatic carbocycles. The van der Waals surface area contributed by atoms with Crippen LogP contribution < -0.4 is 15.8 Å². The number of nitrogens with two attached hydrogens (primary N) is 1. The Bertz CT molecular complexity index is 532. The van der Waals surface area contributed by atoms with Crippen molar-refractivity contribution in [3.63, 3.8) is 0 Å². The number of oxime groups is 1. The fourth-order valence-electron chi connectivity index (χ4n) is 1.48. The quantitative estimate of drug-likeness (QED) is 0.324. The fraction of sp³-hybridized carbons (Fsp3) is 0.429. The Balaban J connectivity index is 2.56. The van der Waals surface area contributed by atoms with E-state index in [1.807, 2.05) is 0 Å². The molecule has 7 heteroatoms. The van der Waals surface area contributed by atoms with Crippen LogP contribution in [0.3, 0.4) is 0 Å². The minimum Gasteiger partial charge on any atom is -0.481 e. The van der Waals surface area contributed by atoms with Gasteiger partial charge in [-0.3, -0.25) is 4.79 Å². The fourth-order valence-corrected chi connectivity index (χ4v) is 1.66. The van der Waals surface area contributed by atoms with E-state index in [-0.39, 0.29) is 18.3 Å². The summed E-state index contributed by atoms with van der Waals surface area (Å²) in [5.74, 6) is 0.265. The van der Waals surface area contributed by atoms with Gasteiger partial charge < -0.3 is 21.0 Å². The number of nitrogens with one attached hydrogen (secondary N) is 1. The summed E-state index contributed by atoms with van der Waals surface area (Å²) >= 11 is 5.85. The van der Waals surface area contributed by atoms with Crippen LogP contribution >= 0.6 is 11.6 Å². The predicted molar refractivity (Wildman–Crippen MR) is 81.7 cm³/mol. The van der Waals surface area contributed by atoms with Gasteiger partial charge in [0.15, 0.2) is 6.10 Å². The van der Waals surface area contributed by atoms with Crippen LogP contribution in [0.4, 0.5) is 0 Å². The average Bonchev–Trinajstić information content (AvgIpc) is 2.43. The number of hydrogen-bond donors (Lipinski definition) is 3. The van der Waals surface area contributed by atoms with Gasteiger partial charge in [0.05, 0.1) is 0 Å². The SMILES string of the molecule is CC(Oc1cccc(Cl)c1)C(=O)NCC(C)(C)/C(N)=N/O. The maximum atomic E-state index is 12.0. The van der Waals surface area contributed by atoms with E-state index in [9.17, 15) is 4.79 Å². The van der Waals surface area contributed by atoms with Crippen molar-refractivity contribution in [1.82, 2.24) is 5.32 Å². The number of rotatable bonds is 6. The van der Waals surface area contributed by atoms with Crippen LogP contribution in [0.15, 0.2) is 29.4 Å². The lowest BCUT2D eigenvalue weighted by Crippen LogP contribution is -2.46. The molecule has 0 aliphatic heterocycles. The number of ether oxygens (including phenoxy) is 1. The van der Waals surface area contributed by atoms with E-state index in [1.54, 1.807) is 45.0 Å². The van der Waals surface area contributed by atoms with E-state index in [1.165, 1.54) is 0 Å². The number of amidine groups is 1. The lowest BCUT2D eigenvalue weighted by molar-refractivity contribution is -0.127. The standard InChI is InChI=1S/C14H20ClN3O3/c1-9(21-11-6-4-5-10(15)7-11)12(19)17-8-14(2,3)13(16)18-20/h4-7,9,20H,8H2,1-3H3,(H2,16,18)(H,17,19). The van der Waals surface area contributed by atoms with Crippen molar-refractivity contribution in [2.24, 2.45) is 16.3 Å². The maximum absolute atomic E-state index is 12.0. The smallest absolute Gasteiger partial charge is 0.260 e. The van der Waals surface area contributed by atoms with Crippen molar-refractivity contribution in [1.29, 1.82) is 0 Å². The molecule has 116 valence electrons. The zero-order valence-electron chi connectivity index (χ0n) is 12.3. The first-order chi connectivity index (χ1) is 9.76. The van der Waals surface area contributed by atoms with Gasteiger partial charge in [0, 0.05) is 17.0 Å². The van der Waals surface area contributed by atoms with Crippen molar-refractivity contribution in [3.05, 3.63) is 29.3 Å². The number of nitrogens with zero attached hydrogens (tertiary/aromatic N) is 1. The van der Waals surface area contributed by atoms with Crippen molar-refractivity contribution in [3.8, 4) is 5.75 Å². The topological polar surface area (TPSA) is 96.9 Å². The number of benzene rings is 1. The zero-order valence-corrected chi connectivity index (χ0v) is 13.0. The zero-order chi connectivity index (χ0) is 16.0. The van der Waals surface area contributed by atoms with Gasteiger partial charge in [-0.1, -0.05) is 36.7 Å². The summed E-state index contributed by atoms with van der Waals surface area (Å²) < 4.78 is 5.50. The molecule has 0 spiro atoms. The normalized spacial score (nSPS) is 13.6. The number of carbonyl (C=O) groups is 1. The Labute approximate surface area is 128 Å². The minimum atomic E-state index is -0.688. The second-order valence-corrected chi connectivity index (χ2v) is 5.74. The van der Waals surface area contributed by atoms with Gasteiger partial charge in [0.25, 0.3) is 5.91 Å². The highest BCUT2D eigenvalue weighted by Crippen LogP contribution is 2.18. The molecule has 0 saturated carbocycles. The van der Waals surface area contributed by atoms with Crippen LogP contribution in [0, 0.1) is 5.41 Å². The maximum Gasteiger partial charge on any atom is 0.260 e. The van der Waals surface area contributed by atoms with Crippen molar-refractivity contribution >= 4 is 23.3 Å². The molecule has 0 radical (unpaired) electrons. The summed E-state index contributed by atoms with van der Waals surface area (Å²) in [6, 6.07) is 6.81. The minimum absolute atomic E-state index is 0.0474. The van der Waals surface area contributed by atoms with E-state index < -0.39 is 11.5 Å². The highest BCUT2D eigenvalue weighted by atomic mass is 35.5. The third-order valence-electron chi connectivity index (χ3n) is 2.98. The van der Waals surface area contributed by atoms with Gasteiger partial charge >= 0.3 is 0 Å². The van der Waals surface area contributed by atoms with Crippen LogP contribution in [0.5, 0.6) is 5.75 Å². The Kier molecular flexibility index (Phi) is 5.84. The Morgan fingerprint density at radius 2 is 2.24 bits per heavy atom. The van der Waals surface area contributed by atoms with Gasteiger partial charge in [-0.15, -0.1) is 0 Å². The molecule has 1 aromatic rings. The third kappa shape index (κ3) is 5.15. The Morgan fingerprint density at radius 1 is 1.57 bits per heavy atom. The van der Waals surface area contributed by atoms with E-state index in [4.69, 9.17) is 27.3 Å². The van der Waals surface area contributed by atoms with E-state index in [0.717, 1.165) is 0 Å². The van der Waals surface area contributed by atoms with Crippen LogP contribution in [0.25, 0.3) is 0 Å². The lowest BCUT2D eigenvalue weighted by Gasteiger charge is -2.24. The molecule has 6 nitrogen and oxygen atoms in total. The lowest BCUT2D eigenvalue weighted by atomic mass is 9.92. The molecule has 0 heterocycles. The molecule has 0 aliphatic carbocycles. The summed E-state index contributed by atoms with van der Waals surface area (Å²) in [6.45, 7) is 5.37. The first kappa shape index (κ1) is 17.1. The second-order valence-electron chi connectivity index (χ2n) is 5.30. The average molecular weight is 314 g/mol. The molecule has 0 bridgehead atoms. The Hall–Kier alpha value is -1.95. The van der Waals surface area contributed by atoms with Gasteiger partial charge in [0.1, 0.15) is 11.6 Å². The molecule has 0 aliphatic rings. The summed E-state index contributed by atoms with van der Waals surface area (Å²) in [4.78, 5) is 12.0. The molecule has 1 rings (SSSR count). The Morgan fingerprint density at radius 3 is 2.81 bits per heavy atom. The van der Waals surface area contributed by atoms with Gasteiger partial charge in [0.2, 0.25) is 0 Å². The molecular weight excluding hydrogens is 294 g/mol. The number of halogens is 1.